The van der Waals surface area contributed by atoms with E-state index in [4.69, 9.17) is 0 Å². The predicted molar refractivity (Wildman–Crippen MR) is 126 cm³/mol. The molecule has 1 amide bonds. The molecular weight excluding hydrogens is 448 g/mol. The van der Waals surface area contributed by atoms with E-state index in [0.717, 1.165) is 31.2 Å². The molecular formula is C22H26N4O4S2. The van der Waals surface area contributed by atoms with Gasteiger partial charge in [-0.3, -0.25) is 14.2 Å². The van der Waals surface area contributed by atoms with Crippen LogP contribution < -0.4 is 10.9 Å². The largest absolute Gasteiger partial charge is 0.325 e. The molecule has 1 aromatic carbocycles. The van der Waals surface area contributed by atoms with E-state index in [-0.39, 0.29) is 22.7 Å². The number of nitrogens with zero attached hydrogens (tertiary/aromatic N) is 3. The third kappa shape index (κ3) is 4.35. The fourth-order valence-electron chi connectivity index (χ4n) is 3.95. The first kappa shape index (κ1) is 22.6. The summed E-state index contributed by atoms with van der Waals surface area (Å²) in [6.45, 7) is 4.39. The van der Waals surface area contributed by atoms with Gasteiger partial charge in [0.25, 0.3) is 5.56 Å². The van der Waals surface area contributed by atoms with Gasteiger partial charge in [-0.25, -0.2) is 13.4 Å². The predicted octanol–water partition coefficient (Wildman–Crippen LogP) is 3.14. The summed E-state index contributed by atoms with van der Waals surface area (Å²) < 4.78 is 29.3. The van der Waals surface area contributed by atoms with Gasteiger partial charge < -0.3 is 5.32 Å². The molecule has 1 saturated heterocycles. The lowest BCUT2D eigenvalue weighted by molar-refractivity contribution is -0.116. The van der Waals surface area contributed by atoms with Crippen LogP contribution in [0.3, 0.4) is 0 Å². The number of nitrogens with one attached hydrogen (secondary N) is 1. The normalized spacial score (nSPS) is 15.2. The van der Waals surface area contributed by atoms with Crippen molar-refractivity contribution in [2.45, 2.75) is 51.0 Å². The van der Waals surface area contributed by atoms with Crippen LogP contribution in [-0.4, -0.2) is 41.3 Å². The SMILES string of the molecule is CCc1ccc(NC(=O)Cn2cnc3sc(C)c(S(=O)(=O)N4CCCCC4)c3c2=O)cc1. The van der Waals surface area contributed by atoms with Crippen LogP contribution >= 0.6 is 11.3 Å². The fraction of sp³-hybridized carbons (Fsp3) is 0.409. The van der Waals surface area contributed by atoms with Crippen molar-refractivity contribution in [2.75, 3.05) is 18.4 Å². The number of rotatable bonds is 6. The van der Waals surface area contributed by atoms with Crippen molar-refractivity contribution in [1.82, 2.24) is 13.9 Å². The van der Waals surface area contributed by atoms with Gasteiger partial charge in [0, 0.05) is 23.7 Å². The molecule has 8 nitrogen and oxygen atoms in total. The number of benzene rings is 1. The first-order chi connectivity index (χ1) is 15.3. The van der Waals surface area contributed by atoms with Crippen LogP contribution in [0.15, 0.2) is 40.3 Å². The molecule has 2 aromatic heterocycles. The van der Waals surface area contributed by atoms with E-state index in [0.29, 0.717) is 28.5 Å². The van der Waals surface area contributed by atoms with Gasteiger partial charge in [-0.2, -0.15) is 4.31 Å². The molecule has 170 valence electrons. The standard InChI is InChI=1S/C22H26N4O4S2/c1-3-16-7-9-17(10-8-16)24-18(27)13-25-14-23-21-19(22(25)28)20(15(2)31-21)32(29,30)26-11-5-4-6-12-26/h7-10,14H,3-6,11-13H2,1-2H3,(H,24,27). The van der Waals surface area contributed by atoms with Crippen LogP contribution in [0.4, 0.5) is 5.69 Å². The average Bonchev–Trinajstić information content (AvgIpc) is 3.14. The summed E-state index contributed by atoms with van der Waals surface area (Å²) in [5, 5.41) is 2.84. The lowest BCUT2D eigenvalue weighted by Gasteiger charge is -2.25. The summed E-state index contributed by atoms with van der Waals surface area (Å²) >= 11 is 1.19. The Morgan fingerprint density at radius 3 is 2.50 bits per heavy atom. The molecule has 0 atom stereocenters. The van der Waals surface area contributed by atoms with Crippen LogP contribution in [0.2, 0.25) is 0 Å². The topological polar surface area (TPSA) is 101 Å². The third-order valence-corrected chi connectivity index (χ3v) is 8.89. The van der Waals surface area contributed by atoms with Gasteiger partial charge in [0.1, 0.15) is 16.3 Å². The zero-order valence-corrected chi connectivity index (χ0v) is 19.8. The quantitative estimate of drug-likeness (QED) is 0.591. The van der Waals surface area contributed by atoms with Crippen molar-refractivity contribution in [1.29, 1.82) is 0 Å². The van der Waals surface area contributed by atoms with Crippen LogP contribution in [0.1, 0.15) is 36.6 Å². The van der Waals surface area contributed by atoms with Gasteiger partial charge in [-0.15, -0.1) is 11.3 Å². The second-order valence-corrected chi connectivity index (χ2v) is 11.0. The van der Waals surface area contributed by atoms with Crippen LogP contribution in [-0.2, 0) is 27.8 Å². The Hall–Kier alpha value is -2.56. The number of hydrogen-bond acceptors (Lipinski definition) is 6. The summed E-state index contributed by atoms with van der Waals surface area (Å²) in [5.74, 6) is -0.384. The molecule has 32 heavy (non-hydrogen) atoms. The Bertz CT molecular complexity index is 1300. The lowest BCUT2D eigenvalue weighted by atomic mass is 10.1. The zero-order chi connectivity index (χ0) is 22.9. The molecule has 0 aliphatic carbocycles. The molecule has 0 bridgehead atoms. The van der Waals surface area contributed by atoms with Gasteiger partial charge in [-0.1, -0.05) is 25.5 Å². The van der Waals surface area contributed by atoms with Gasteiger partial charge >= 0.3 is 0 Å². The highest BCUT2D eigenvalue weighted by Crippen LogP contribution is 2.33. The van der Waals surface area contributed by atoms with Crippen molar-refractivity contribution < 1.29 is 13.2 Å². The van der Waals surface area contributed by atoms with Gasteiger partial charge in [0.05, 0.1) is 11.7 Å². The number of hydrogen-bond donors (Lipinski definition) is 1. The van der Waals surface area contributed by atoms with Crippen molar-refractivity contribution >= 4 is 43.2 Å². The summed E-state index contributed by atoms with van der Waals surface area (Å²) in [7, 11) is -3.81. The molecule has 0 saturated carbocycles. The first-order valence-electron chi connectivity index (χ1n) is 10.7. The third-order valence-electron chi connectivity index (χ3n) is 5.67. The highest BCUT2D eigenvalue weighted by atomic mass is 32.2. The summed E-state index contributed by atoms with van der Waals surface area (Å²) in [6.07, 6.45) is 4.82. The smallest absolute Gasteiger partial charge is 0.263 e. The number of aryl methyl sites for hydroxylation is 2. The van der Waals surface area contributed by atoms with Gasteiger partial charge in [0.15, 0.2) is 0 Å². The maximum Gasteiger partial charge on any atom is 0.263 e. The van der Waals surface area contributed by atoms with E-state index in [9.17, 15) is 18.0 Å². The molecule has 10 heteroatoms. The summed E-state index contributed by atoms with van der Waals surface area (Å²) in [5.41, 5.74) is 1.27. The Kier molecular flexibility index (Phi) is 6.45. The van der Waals surface area contributed by atoms with Crippen molar-refractivity contribution in [3.8, 4) is 0 Å². The second-order valence-electron chi connectivity index (χ2n) is 7.91. The minimum Gasteiger partial charge on any atom is -0.325 e. The summed E-state index contributed by atoms with van der Waals surface area (Å²) in [6, 6.07) is 7.49. The molecule has 1 aliphatic rings. The van der Waals surface area contributed by atoms with E-state index < -0.39 is 15.6 Å². The molecule has 3 aromatic rings. The molecule has 1 N–H and O–H groups in total. The van der Waals surface area contributed by atoms with Crippen LogP contribution in [0.5, 0.6) is 0 Å². The minimum atomic E-state index is -3.81. The van der Waals surface area contributed by atoms with Crippen LogP contribution in [0, 0.1) is 6.92 Å². The molecule has 0 spiro atoms. The fourth-order valence-corrected chi connectivity index (χ4v) is 7.13. The van der Waals surface area contributed by atoms with Gasteiger partial charge in [0.2, 0.25) is 15.9 Å². The monoisotopic (exact) mass is 474 g/mol. The second kappa shape index (κ2) is 9.13. The van der Waals surface area contributed by atoms with Gasteiger partial charge in [-0.05, 0) is 43.9 Å². The summed E-state index contributed by atoms with van der Waals surface area (Å²) in [4.78, 5) is 31.0. The van der Waals surface area contributed by atoms with Crippen molar-refractivity contribution in [3.63, 3.8) is 0 Å². The molecule has 3 heterocycles. The number of sulfonamides is 1. The number of fused-ring (bicyclic) bond motifs is 1. The van der Waals surface area contributed by atoms with Crippen LogP contribution in [0.25, 0.3) is 10.2 Å². The Balaban J connectivity index is 1.65. The van der Waals surface area contributed by atoms with E-state index in [1.54, 1.807) is 6.92 Å². The number of carbonyl (C=O) groups excluding carboxylic acids is 1. The highest BCUT2D eigenvalue weighted by molar-refractivity contribution is 7.89. The van der Waals surface area contributed by atoms with Crippen molar-refractivity contribution in [3.05, 3.63) is 51.4 Å². The van der Waals surface area contributed by atoms with E-state index in [1.165, 1.54) is 26.5 Å². The Morgan fingerprint density at radius 2 is 1.84 bits per heavy atom. The van der Waals surface area contributed by atoms with E-state index in [2.05, 4.69) is 17.2 Å². The average molecular weight is 475 g/mol. The zero-order valence-electron chi connectivity index (χ0n) is 18.1. The Labute approximate surface area is 190 Å². The number of aromatic nitrogens is 2. The maximum absolute atomic E-state index is 13.3. The number of carbonyl (C=O) groups is 1. The molecule has 0 unspecified atom stereocenters. The molecule has 1 fully saturated rings. The first-order valence-corrected chi connectivity index (χ1v) is 12.9. The number of thiophene rings is 1. The van der Waals surface area contributed by atoms with Crippen molar-refractivity contribution in [2.24, 2.45) is 0 Å². The minimum absolute atomic E-state index is 0.0295. The molecule has 0 radical (unpaired) electrons. The number of piperidine rings is 1. The van der Waals surface area contributed by atoms with E-state index in [1.807, 2.05) is 24.3 Å². The number of anilines is 1. The molecule has 4 rings (SSSR count). The Morgan fingerprint density at radius 1 is 1.16 bits per heavy atom. The lowest BCUT2D eigenvalue weighted by Crippen LogP contribution is -2.36. The van der Waals surface area contributed by atoms with E-state index >= 15 is 0 Å². The highest BCUT2D eigenvalue weighted by Gasteiger charge is 2.32. The molecule has 1 aliphatic heterocycles. The number of amides is 1. The maximum atomic E-state index is 13.3.